The summed E-state index contributed by atoms with van der Waals surface area (Å²) in [5, 5.41) is 0. The minimum absolute atomic E-state index is 0.318. The highest BCUT2D eigenvalue weighted by Gasteiger charge is 2.14. The van der Waals surface area contributed by atoms with E-state index < -0.39 is 0 Å². The fourth-order valence-electron chi connectivity index (χ4n) is 1.98. The minimum Gasteiger partial charge on any atom is -0.330 e. The van der Waals surface area contributed by atoms with Gasteiger partial charge in [0, 0.05) is 18.4 Å². The predicted molar refractivity (Wildman–Crippen MR) is 76.1 cm³/mol. The van der Waals surface area contributed by atoms with Crippen molar-refractivity contribution < 1.29 is 4.39 Å². The van der Waals surface area contributed by atoms with E-state index in [1.54, 1.807) is 12.3 Å². The molecule has 19 heavy (non-hydrogen) atoms. The number of halogens is 1. The molecule has 0 saturated carbocycles. The van der Waals surface area contributed by atoms with Gasteiger partial charge in [-0.3, -0.25) is 0 Å². The molecule has 0 aliphatic heterocycles. The highest BCUT2D eigenvalue weighted by molar-refractivity contribution is 5.61. The molecule has 4 heteroatoms. The molecule has 1 aromatic carbocycles. The molecule has 2 rings (SSSR count). The highest BCUT2D eigenvalue weighted by Crippen LogP contribution is 2.26. The second-order valence-corrected chi connectivity index (χ2v) is 4.44. The first-order chi connectivity index (χ1) is 9.22. The fourth-order valence-corrected chi connectivity index (χ4v) is 1.98. The standard InChI is InChI=1S/C15H18FN3/c1-12-5-2-6-13(11-12)19(10-4-8-17)15-14(16)7-3-9-18-15/h2-3,5-7,9,11H,4,8,10,17H2,1H3. The van der Waals surface area contributed by atoms with Crippen molar-refractivity contribution >= 4 is 11.5 Å². The molecule has 2 N–H and O–H groups in total. The SMILES string of the molecule is Cc1cccc(N(CCCN)c2ncccc2F)c1. The number of anilines is 2. The monoisotopic (exact) mass is 259 g/mol. The van der Waals surface area contributed by atoms with E-state index in [2.05, 4.69) is 4.98 Å². The van der Waals surface area contributed by atoms with Crippen molar-refractivity contribution in [2.75, 3.05) is 18.0 Å². The van der Waals surface area contributed by atoms with Gasteiger partial charge in [-0.25, -0.2) is 9.37 Å². The molecule has 3 nitrogen and oxygen atoms in total. The Balaban J connectivity index is 2.38. The minimum atomic E-state index is -0.318. The lowest BCUT2D eigenvalue weighted by atomic mass is 10.2. The van der Waals surface area contributed by atoms with E-state index in [4.69, 9.17) is 5.73 Å². The third-order valence-electron chi connectivity index (χ3n) is 2.89. The molecule has 0 atom stereocenters. The number of nitrogens with zero attached hydrogens (tertiary/aromatic N) is 2. The summed E-state index contributed by atoms with van der Waals surface area (Å²) >= 11 is 0. The van der Waals surface area contributed by atoms with Crippen molar-refractivity contribution in [2.45, 2.75) is 13.3 Å². The quantitative estimate of drug-likeness (QED) is 0.897. The average molecular weight is 259 g/mol. The number of hydrogen-bond acceptors (Lipinski definition) is 3. The van der Waals surface area contributed by atoms with E-state index in [1.165, 1.54) is 6.07 Å². The number of aromatic nitrogens is 1. The van der Waals surface area contributed by atoms with Gasteiger partial charge in [0.05, 0.1) is 0 Å². The molecular weight excluding hydrogens is 241 g/mol. The maximum Gasteiger partial charge on any atom is 0.169 e. The Morgan fingerprint density at radius 2 is 2.11 bits per heavy atom. The Morgan fingerprint density at radius 1 is 1.26 bits per heavy atom. The lowest BCUT2D eigenvalue weighted by molar-refractivity contribution is 0.616. The molecular formula is C15H18FN3. The van der Waals surface area contributed by atoms with Crippen molar-refractivity contribution in [1.29, 1.82) is 0 Å². The van der Waals surface area contributed by atoms with Gasteiger partial charge < -0.3 is 10.6 Å². The number of rotatable bonds is 5. The van der Waals surface area contributed by atoms with Crippen molar-refractivity contribution in [3.05, 3.63) is 54.0 Å². The van der Waals surface area contributed by atoms with E-state index in [9.17, 15) is 4.39 Å². The zero-order valence-corrected chi connectivity index (χ0v) is 11.0. The molecule has 0 unspecified atom stereocenters. The van der Waals surface area contributed by atoms with Gasteiger partial charge in [-0.15, -0.1) is 0 Å². The van der Waals surface area contributed by atoms with E-state index in [1.807, 2.05) is 36.1 Å². The Labute approximate surface area is 112 Å². The molecule has 0 saturated heterocycles. The summed E-state index contributed by atoms with van der Waals surface area (Å²) in [5.74, 6) is 0.0302. The van der Waals surface area contributed by atoms with Crippen molar-refractivity contribution in [3.63, 3.8) is 0 Å². The number of aryl methyl sites for hydroxylation is 1. The summed E-state index contributed by atoms with van der Waals surface area (Å²) in [4.78, 5) is 6.02. The zero-order chi connectivity index (χ0) is 13.7. The summed E-state index contributed by atoms with van der Waals surface area (Å²) in [5.41, 5.74) is 7.63. The van der Waals surface area contributed by atoms with Crippen LogP contribution in [0.5, 0.6) is 0 Å². The Morgan fingerprint density at radius 3 is 2.79 bits per heavy atom. The molecule has 0 aliphatic carbocycles. The van der Waals surface area contributed by atoms with Crippen LogP contribution >= 0.6 is 0 Å². The Hall–Kier alpha value is -1.94. The summed E-state index contributed by atoms with van der Waals surface area (Å²) in [6.07, 6.45) is 2.38. The molecule has 0 fully saturated rings. The van der Waals surface area contributed by atoms with Gasteiger partial charge in [-0.1, -0.05) is 12.1 Å². The van der Waals surface area contributed by atoms with Crippen LogP contribution in [0.15, 0.2) is 42.6 Å². The molecule has 0 radical (unpaired) electrons. The van der Waals surface area contributed by atoms with Crippen LogP contribution in [0, 0.1) is 12.7 Å². The van der Waals surface area contributed by atoms with Crippen LogP contribution in [0.3, 0.4) is 0 Å². The van der Waals surface area contributed by atoms with E-state index >= 15 is 0 Å². The van der Waals surface area contributed by atoms with Crippen LogP contribution in [0.25, 0.3) is 0 Å². The number of pyridine rings is 1. The summed E-state index contributed by atoms with van der Waals surface area (Å²) in [6.45, 7) is 3.23. The maximum absolute atomic E-state index is 13.9. The van der Waals surface area contributed by atoms with E-state index in [0.717, 1.165) is 17.7 Å². The second-order valence-electron chi connectivity index (χ2n) is 4.44. The van der Waals surface area contributed by atoms with Crippen LogP contribution in [0.1, 0.15) is 12.0 Å². The lowest BCUT2D eigenvalue weighted by Crippen LogP contribution is -2.23. The van der Waals surface area contributed by atoms with Crippen molar-refractivity contribution in [1.82, 2.24) is 4.98 Å². The smallest absolute Gasteiger partial charge is 0.169 e. The maximum atomic E-state index is 13.9. The van der Waals surface area contributed by atoms with Gasteiger partial charge in [-0.2, -0.15) is 0 Å². The van der Waals surface area contributed by atoms with Gasteiger partial charge in [0.1, 0.15) is 0 Å². The molecule has 0 spiro atoms. The second kappa shape index (κ2) is 6.29. The molecule has 0 bridgehead atoms. The van der Waals surface area contributed by atoms with Crippen LogP contribution in [0.2, 0.25) is 0 Å². The highest BCUT2D eigenvalue weighted by atomic mass is 19.1. The predicted octanol–water partition coefficient (Wildman–Crippen LogP) is 3.02. The molecule has 2 aromatic rings. The Bertz CT molecular complexity index is 542. The fraction of sp³-hybridized carbons (Fsp3) is 0.267. The topological polar surface area (TPSA) is 42.1 Å². The van der Waals surface area contributed by atoms with Crippen LogP contribution < -0.4 is 10.6 Å². The van der Waals surface area contributed by atoms with Gasteiger partial charge in [-0.05, 0) is 49.7 Å². The van der Waals surface area contributed by atoms with Gasteiger partial charge in [0.2, 0.25) is 0 Å². The van der Waals surface area contributed by atoms with Crippen LogP contribution in [-0.4, -0.2) is 18.1 Å². The van der Waals surface area contributed by atoms with Gasteiger partial charge >= 0.3 is 0 Å². The normalized spacial score (nSPS) is 10.5. The Kier molecular flexibility index (Phi) is 4.47. The zero-order valence-electron chi connectivity index (χ0n) is 11.0. The van der Waals surface area contributed by atoms with Crippen molar-refractivity contribution in [3.8, 4) is 0 Å². The number of nitrogens with two attached hydrogens (primary N) is 1. The first kappa shape index (κ1) is 13.5. The van der Waals surface area contributed by atoms with Crippen LogP contribution in [-0.2, 0) is 0 Å². The molecule has 1 aromatic heterocycles. The molecule has 100 valence electrons. The average Bonchev–Trinajstić information content (AvgIpc) is 2.41. The molecule has 0 aliphatic rings. The lowest BCUT2D eigenvalue weighted by Gasteiger charge is -2.24. The summed E-state index contributed by atoms with van der Waals surface area (Å²) in [6, 6.07) is 11.0. The first-order valence-corrected chi connectivity index (χ1v) is 6.37. The van der Waals surface area contributed by atoms with Crippen LogP contribution in [0.4, 0.5) is 15.9 Å². The summed E-state index contributed by atoms with van der Waals surface area (Å²) in [7, 11) is 0. The molecule has 1 heterocycles. The van der Waals surface area contributed by atoms with E-state index in [0.29, 0.717) is 18.9 Å². The van der Waals surface area contributed by atoms with E-state index in [-0.39, 0.29) is 5.82 Å². The third kappa shape index (κ3) is 3.29. The largest absolute Gasteiger partial charge is 0.330 e. The third-order valence-corrected chi connectivity index (χ3v) is 2.89. The van der Waals surface area contributed by atoms with Gasteiger partial charge in [0.15, 0.2) is 11.6 Å². The molecule has 0 amide bonds. The summed E-state index contributed by atoms with van der Waals surface area (Å²) < 4.78 is 13.9. The van der Waals surface area contributed by atoms with Gasteiger partial charge in [0.25, 0.3) is 0 Å². The first-order valence-electron chi connectivity index (χ1n) is 6.37. The number of hydrogen-bond donors (Lipinski definition) is 1. The number of benzene rings is 1. The van der Waals surface area contributed by atoms with Crippen molar-refractivity contribution in [2.24, 2.45) is 5.73 Å².